The Bertz CT molecular complexity index is 685. The quantitative estimate of drug-likeness (QED) is 0.596. The summed E-state index contributed by atoms with van der Waals surface area (Å²) in [5.74, 6) is -0.0387. The van der Waals surface area contributed by atoms with Crippen LogP contribution in [0.15, 0.2) is 24.3 Å². The highest BCUT2D eigenvalue weighted by Gasteiger charge is 2.23. The van der Waals surface area contributed by atoms with Gasteiger partial charge in [0.1, 0.15) is 10.7 Å². The fourth-order valence-corrected chi connectivity index (χ4v) is 2.37. The summed E-state index contributed by atoms with van der Waals surface area (Å²) < 4.78 is 5.04. The van der Waals surface area contributed by atoms with E-state index in [1.807, 2.05) is 26.0 Å². The lowest BCUT2D eigenvalue weighted by Gasteiger charge is -2.14. The van der Waals surface area contributed by atoms with Gasteiger partial charge in [-0.05, 0) is 37.1 Å². The monoisotopic (exact) mass is 338 g/mol. The van der Waals surface area contributed by atoms with Gasteiger partial charge in [0.05, 0.1) is 12.3 Å². The standard InChI is InChI=1S/C16H16Cl2N2O2/c1-4-22-16(21)12-13(9(2)3)19-15(20-14(12)18)10-5-7-11(17)8-6-10/h5-9H,4H2,1-3H3. The van der Waals surface area contributed by atoms with Crippen LogP contribution in [0.5, 0.6) is 0 Å². The third kappa shape index (κ3) is 3.57. The van der Waals surface area contributed by atoms with Gasteiger partial charge in [0.15, 0.2) is 5.82 Å². The second-order valence-electron chi connectivity index (χ2n) is 4.98. The first-order valence-electron chi connectivity index (χ1n) is 6.94. The predicted octanol–water partition coefficient (Wildman–Crippen LogP) is 4.75. The molecule has 0 atom stereocenters. The number of aromatic nitrogens is 2. The molecule has 0 bridgehead atoms. The maximum absolute atomic E-state index is 12.1. The second kappa shape index (κ2) is 7.07. The molecule has 2 aromatic rings. The Labute approximate surface area is 139 Å². The first-order valence-corrected chi connectivity index (χ1v) is 7.70. The molecule has 1 aromatic heterocycles. The summed E-state index contributed by atoms with van der Waals surface area (Å²) in [6.45, 7) is 5.88. The molecule has 0 amide bonds. The van der Waals surface area contributed by atoms with E-state index in [1.165, 1.54) is 0 Å². The molecular weight excluding hydrogens is 323 g/mol. The fourth-order valence-electron chi connectivity index (χ4n) is 1.99. The minimum Gasteiger partial charge on any atom is -0.462 e. The Morgan fingerprint density at radius 1 is 1.18 bits per heavy atom. The Hall–Kier alpha value is -1.65. The van der Waals surface area contributed by atoms with Gasteiger partial charge in [-0.25, -0.2) is 14.8 Å². The first kappa shape index (κ1) is 16.7. The van der Waals surface area contributed by atoms with Gasteiger partial charge in [-0.2, -0.15) is 0 Å². The van der Waals surface area contributed by atoms with Crippen molar-refractivity contribution in [1.29, 1.82) is 0 Å². The lowest BCUT2D eigenvalue weighted by atomic mass is 10.0. The van der Waals surface area contributed by atoms with Crippen molar-refractivity contribution in [1.82, 2.24) is 9.97 Å². The minimum atomic E-state index is -0.501. The molecule has 0 N–H and O–H groups in total. The fraction of sp³-hybridized carbons (Fsp3) is 0.312. The van der Waals surface area contributed by atoms with E-state index in [0.717, 1.165) is 5.56 Å². The lowest BCUT2D eigenvalue weighted by Crippen LogP contribution is -2.13. The van der Waals surface area contributed by atoms with Crippen LogP contribution in [0.3, 0.4) is 0 Å². The predicted molar refractivity (Wildman–Crippen MR) is 87.5 cm³/mol. The van der Waals surface area contributed by atoms with Crippen molar-refractivity contribution in [2.45, 2.75) is 26.7 Å². The van der Waals surface area contributed by atoms with Crippen LogP contribution in [-0.2, 0) is 4.74 Å². The van der Waals surface area contributed by atoms with Crippen LogP contribution in [0.4, 0.5) is 0 Å². The van der Waals surface area contributed by atoms with E-state index in [-0.39, 0.29) is 23.2 Å². The number of benzene rings is 1. The number of hydrogen-bond donors (Lipinski definition) is 0. The molecule has 2 rings (SSSR count). The molecule has 0 radical (unpaired) electrons. The van der Waals surface area contributed by atoms with E-state index in [9.17, 15) is 4.79 Å². The van der Waals surface area contributed by atoms with E-state index in [2.05, 4.69) is 9.97 Å². The van der Waals surface area contributed by atoms with Crippen molar-refractivity contribution in [2.24, 2.45) is 0 Å². The van der Waals surface area contributed by atoms with Crippen LogP contribution in [0.2, 0.25) is 10.2 Å². The number of ether oxygens (including phenoxy) is 1. The maximum Gasteiger partial charge on any atom is 0.343 e. The SMILES string of the molecule is CCOC(=O)c1c(Cl)nc(-c2ccc(Cl)cc2)nc1C(C)C. The molecule has 1 heterocycles. The molecular formula is C16H16Cl2N2O2. The van der Waals surface area contributed by atoms with Crippen LogP contribution in [0.1, 0.15) is 42.7 Å². The number of nitrogens with zero attached hydrogens (tertiary/aromatic N) is 2. The summed E-state index contributed by atoms with van der Waals surface area (Å²) in [7, 11) is 0. The van der Waals surface area contributed by atoms with E-state index < -0.39 is 5.97 Å². The molecule has 1 aromatic carbocycles. The summed E-state index contributed by atoms with van der Waals surface area (Å²) in [6.07, 6.45) is 0. The van der Waals surface area contributed by atoms with Crippen molar-refractivity contribution in [2.75, 3.05) is 6.61 Å². The van der Waals surface area contributed by atoms with Gasteiger partial charge in [0.2, 0.25) is 0 Å². The van der Waals surface area contributed by atoms with Gasteiger partial charge in [-0.15, -0.1) is 0 Å². The molecule has 0 aliphatic rings. The van der Waals surface area contributed by atoms with E-state index in [0.29, 0.717) is 16.5 Å². The molecule has 0 saturated heterocycles. The van der Waals surface area contributed by atoms with Crippen LogP contribution in [0.25, 0.3) is 11.4 Å². The summed E-state index contributed by atoms with van der Waals surface area (Å²) in [5, 5.41) is 0.726. The highest BCUT2D eigenvalue weighted by Crippen LogP contribution is 2.28. The van der Waals surface area contributed by atoms with Crippen LogP contribution in [0, 0.1) is 0 Å². The number of rotatable bonds is 4. The van der Waals surface area contributed by atoms with Gasteiger partial charge in [-0.1, -0.05) is 37.0 Å². The molecule has 0 aliphatic carbocycles. The summed E-state index contributed by atoms with van der Waals surface area (Å²) in [5.41, 5.74) is 1.59. The molecule has 6 heteroatoms. The molecule has 0 spiro atoms. The van der Waals surface area contributed by atoms with E-state index >= 15 is 0 Å². The number of carbonyl (C=O) groups excluding carboxylic acids is 1. The van der Waals surface area contributed by atoms with Crippen LogP contribution < -0.4 is 0 Å². The third-order valence-electron chi connectivity index (χ3n) is 3.02. The van der Waals surface area contributed by atoms with Crippen molar-refractivity contribution in [3.05, 3.63) is 45.7 Å². The van der Waals surface area contributed by atoms with Gasteiger partial charge in [0.25, 0.3) is 0 Å². The second-order valence-corrected chi connectivity index (χ2v) is 5.77. The van der Waals surface area contributed by atoms with Crippen molar-refractivity contribution in [3.8, 4) is 11.4 Å². The Balaban J connectivity index is 2.56. The highest BCUT2D eigenvalue weighted by molar-refractivity contribution is 6.32. The Morgan fingerprint density at radius 3 is 2.36 bits per heavy atom. The Morgan fingerprint density at radius 2 is 1.82 bits per heavy atom. The topological polar surface area (TPSA) is 52.1 Å². The van der Waals surface area contributed by atoms with E-state index in [1.54, 1.807) is 19.1 Å². The summed E-state index contributed by atoms with van der Waals surface area (Å²) in [4.78, 5) is 20.8. The molecule has 0 aliphatic heterocycles. The number of hydrogen-bond acceptors (Lipinski definition) is 4. The van der Waals surface area contributed by atoms with Gasteiger partial charge in [-0.3, -0.25) is 0 Å². The zero-order valence-corrected chi connectivity index (χ0v) is 14.1. The maximum atomic E-state index is 12.1. The Kier molecular flexibility index (Phi) is 5.37. The van der Waals surface area contributed by atoms with Crippen molar-refractivity contribution < 1.29 is 9.53 Å². The summed E-state index contributed by atoms with van der Waals surface area (Å²) >= 11 is 12.1. The molecule has 22 heavy (non-hydrogen) atoms. The lowest BCUT2D eigenvalue weighted by molar-refractivity contribution is 0.0523. The normalized spacial score (nSPS) is 10.8. The third-order valence-corrected chi connectivity index (χ3v) is 3.55. The molecule has 0 unspecified atom stereocenters. The highest BCUT2D eigenvalue weighted by atomic mass is 35.5. The van der Waals surface area contributed by atoms with Gasteiger partial charge < -0.3 is 4.74 Å². The van der Waals surface area contributed by atoms with E-state index in [4.69, 9.17) is 27.9 Å². The molecule has 0 saturated carbocycles. The number of esters is 1. The number of carbonyl (C=O) groups is 1. The van der Waals surface area contributed by atoms with Crippen molar-refractivity contribution >= 4 is 29.2 Å². The average molecular weight is 339 g/mol. The molecule has 4 nitrogen and oxygen atoms in total. The van der Waals surface area contributed by atoms with Gasteiger partial charge in [0, 0.05) is 10.6 Å². The largest absolute Gasteiger partial charge is 0.462 e. The summed E-state index contributed by atoms with van der Waals surface area (Å²) in [6, 6.07) is 7.12. The zero-order chi connectivity index (χ0) is 16.3. The van der Waals surface area contributed by atoms with Crippen LogP contribution in [-0.4, -0.2) is 22.5 Å². The van der Waals surface area contributed by atoms with Gasteiger partial charge >= 0.3 is 5.97 Å². The molecule has 0 fully saturated rings. The minimum absolute atomic E-state index is 0.00552. The zero-order valence-electron chi connectivity index (χ0n) is 12.6. The number of halogens is 2. The average Bonchev–Trinajstić information content (AvgIpc) is 2.47. The molecule has 116 valence electrons. The smallest absolute Gasteiger partial charge is 0.343 e. The first-order chi connectivity index (χ1) is 10.4. The van der Waals surface area contributed by atoms with Crippen LogP contribution >= 0.6 is 23.2 Å². The van der Waals surface area contributed by atoms with Crippen molar-refractivity contribution in [3.63, 3.8) is 0 Å².